The lowest BCUT2D eigenvalue weighted by Gasteiger charge is -2.14. The number of para-hydroxylation sites is 1. The minimum absolute atomic E-state index is 0.00357. The Bertz CT molecular complexity index is 604. The maximum atomic E-state index is 12.2. The number of amides is 1. The Kier molecular flexibility index (Phi) is 3.97. The Morgan fingerprint density at radius 1 is 1.26 bits per heavy atom. The van der Waals surface area contributed by atoms with Crippen molar-refractivity contribution in [2.45, 2.75) is 0 Å². The zero-order chi connectivity index (χ0) is 13.8. The zero-order valence-electron chi connectivity index (χ0n) is 11.1. The molecule has 0 aliphatic carbocycles. The zero-order valence-corrected chi connectivity index (χ0v) is 11.1. The van der Waals surface area contributed by atoms with Crippen LogP contribution in [0.5, 0.6) is 0 Å². The number of fused-ring (bicyclic) bond motifs is 1. The fourth-order valence-electron chi connectivity index (χ4n) is 2.01. The summed E-state index contributed by atoms with van der Waals surface area (Å²) in [6.45, 7) is 0.430. The van der Waals surface area contributed by atoms with Crippen LogP contribution in [0.15, 0.2) is 30.5 Å². The number of H-pyrrole nitrogens is 1. The van der Waals surface area contributed by atoms with Gasteiger partial charge in [0.15, 0.2) is 5.78 Å². The number of likely N-dealkylation sites (N-methyl/N-ethyl adjacent to an activating group) is 2. The van der Waals surface area contributed by atoms with E-state index in [1.165, 1.54) is 0 Å². The molecular weight excluding hydrogens is 242 g/mol. The number of rotatable bonds is 5. The second kappa shape index (κ2) is 5.67. The minimum atomic E-state index is -0.103. The first-order valence-corrected chi connectivity index (χ1v) is 6.10. The first kappa shape index (κ1) is 13.3. The third-order valence-corrected chi connectivity index (χ3v) is 3.00. The summed E-state index contributed by atoms with van der Waals surface area (Å²) in [4.78, 5) is 28.2. The molecule has 1 amide bonds. The fourth-order valence-corrected chi connectivity index (χ4v) is 2.01. The summed E-state index contributed by atoms with van der Waals surface area (Å²) in [5, 5.41) is 3.45. The molecular formula is C14H17N3O2. The van der Waals surface area contributed by atoms with E-state index in [1.54, 1.807) is 25.2 Å². The van der Waals surface area contributed by atoms with Gasteiger partial charge in [-0.25, -0.2) is 0 Å². The molecule has 2 rings (SSSR count). The van der Waals surface area contributed by atoms with Gasteiger partial charge in [0.25, 0.3) is 0 Å². The number of ketones is 1. The molecule has 0 radical (unpaired) electrons. The molecule has 0 atom stereocenters. The molecule has 0 fully saturated rings. The Morgan fingerprint density at radius 2 is 2.00 bits per heavy atom. The predicted octanol–water partition coefficient (Wildman–Crippen LogP) is 1.03. The highest BCUT2D eigenvalue weighted by atomic mass is 16.2. The number of benzene rings is 1. The van der Waals surface area contributed by atoms with Gasteiger partial charge in [0.05, 0.1) is 13.1 Å². The second-order valence-electron chi connectivity index (χ2n) is 4.52. The van der Waals surface area contributed by atoms with Crippen molar-refractivity contribution < 1.29 is 9.59 Å². The normalized spacial score (nSPS) is 10.9. The first-order valence-electron chi connectivity index (χ1n) is 6.10. The molecule has 1 heterocycles. The van der Waals surface area contributed by atoms with Crippen LogP contribution in [0.1, 0.15) is 10.4 Å². The van der Waals surface area contributed by atoms with E-state index in [0.717, 1.165) is 10.9 Å². The molecule has 2 aromatic rings. The monoisotopic (exact) mass is 259 g/mol. The van der Waals surface area contributed by atoms with Crippen LogP contribution in [0.2, 0.25) is 0 Å². The van der Waals surface area contributed by atoms with Crippen molar-refractivity contribution in [3.8, 4) is 0 Å². The molecule has 1 aromatic heterocycles. The van der Waals surface area contributed by atoms with Crippen molar-refractivity contribution in [3.63, 3.8) is 0 Å². The van der Waals surface area contributed by atoms with Crippen molar-refractivity contribution in [2.75, 3.05) is 27.2 Å². The highest BCUT2D eigenvalue weighted by Gasteiger charge is 2.15. The maximum absolute atomic E-state index is 12.2. The van der Waals surface area contributed by atoms with Crippen molar-refractivity contribution >= 4 is 22.6 Å². The highest BCUT2D eigenvalue weighted by Crippen LogP contribution is 2.18. The first-order chi connectivity index (χ1) is 9.11. The molecule has 0 bridgehead atoms. The molecule has 0 aliphatic rings. The fraction of sp³-hybridized carbons (Fsp3) is 0.286. The quantitative estimate of drug-likeness (QED) is 0.788. The van der Waals surface area contributed by atoms with Gasteiger partial charge in [0, 0.05) is 29.7 Å². The lowest BCUT2D eigenvalue weighted by molar-refractivity contribution is -0.121. The lowest BCUT2D eigenvalue weighted by Crippen LogP contribution is -2.36. The van der Waals surface area contributed by atoms with E-state index < -0.39 is 0 Å². The summed E-state index contributed by atoms with van der Waals surface area (Å²) in [5.41, 5.74) is 1.61. The maximum Gasteiger partial charge on any atom is 0.233 e. The number of carbonyl (C=O) groups is 2. The van der Waals surface area contributed by atoms with Crippen LogP contribution in [0, 0.1) is 0 Å². The largest absolute Gasteiger partial charge is 0.360 e. The van der Waals surface area contributed by atoms with Gasteiger partial charge in [-0.2, -0.15) is 0 Å². The van der Waals surface area contributed by atoms with Gasteiger partial charge in [-0.3, -0.25) is 14.5 Å². The van der Waals surface area contributed by atoms with Crippen LogP contribution >= 0.6 is 0 Å². The molecule has 5 nitrogen and oxygen atoms in total. The minimum Gasteiger partial charge on any atom is -0.360 e. The van der Waals surface area contributed by atoms with Crippen LogP contribution in [0.4, 0.5) is 0 Å². The number of hydrogen-bond acceptors (Lipinski definition) is 3. The summed E-state index contributed by atoms with van der Waals surface area (Å²) in [7, 11) is 3.33. The molecule has 1 aromatic carbocycles. The number of aromatic nitrogens is 1. The van der Waals surface area contributed by atoms with E-state index in [1.807, 2.05) is 24.3 Å². The second-order valence-corrected chi connectivity index (χ2v) is 4.52. The molecule has 2 N–H and O–H groups in total. The molecule has 100 valence electrons. The van der Waals surface area contributed by atoms with E-state index in [9.17, 15) is 9.59 Å². The van der Waals surface area contributed by atoms with Crippen LogP contribution in [-0.4, -0.2) is 48.8 Å². The Balaban J connectivity index is 2.10. The number of nitrogens with zero attached hydrogens (tertiary/aromatic N) is 1. The number of Topliss-reactive ketones (excluding diaryl/α,β-unsaturated/α-hetero) is 1. The topological polar surface area (TPSA) is 65.2 Å². The lowest BCUT2D eigenvalue weighted by atomic mass is 10.1. The van der Waals surface area contributed by atoms with Gasteiger partial charge in [-0.15, -0.1) is 0 Å². The molecule has 0 unspecified atom stereocenters. The Hall–Kier alpha value is -2.14. The van der Waals surface area contributed by atoms with Gasteiger partial charge in [-0.05, 0) is 13.1 Å². The standard InChI is InChI=1S/C14H17N3O2/c1-15-14(19)9-17(2)8-13(18)11-7-16-12-6-4-3-5-10(11)12/h3-7,16H,8-9H2,1-2H3,(H,15,19). The Morgan fingerprint density at radius 3 is 2.74 bits per heavy atom. The third kappa shape index (κ3) is 3.00. The highest BCUT2D eigenvalue weighted by molar-refractivity contribution is 6.08. The van der Waals surface area contributed by atoms with Crippen molar-refractivity contribution in [2.24, 2.45) is 0 Å². The van der Waals surface area contributed by atoms with E-state index >= 15 is 0 Å². The summed E-state index contributed by atoms with van der Waals surface area (Å²) >= 11 is 0. The van der Waals surface area contributed by atoms with Crippen molar-refractivity contribution in [1.82, 2.24) is 15.2 Å². The smallest absolute Gasteiger partial charge is 0.233 e. The summed E-state index contributed by atoms with van der Waals surface area (Å²) < 4.78 is 0. The van der Waals surface area contributed by atoms with Gasteiger partial charge in [-0.1, -0.05) is 18.2 Å². The van der Waals surface area contributed by atoms with Crippen molar-refractivity contribution in [3.05, 3.63) is 36.0 Å². The average molecular weight is 259 g/mol. The van der Waals surface area contributed by atoms with Crippen LogP contribution in [-0.2, 0) is 4.79 Å². The van der Waals surface area contributed by atoms with E-state index in [4.69, 9.17) is 0 Å². The van der Waals surface area contributed by atoms with Gasteiger partial charge in [0.1, 0.15) is 0 Å². The molecule has 5 heteroatoms. The SMILES string of the molecule is CNC(=O)CN(C)CC(=O)c1c[nH]c2ccccc12. The summed E-state index contributed by atoms with van der Waals surface area (Å²) in [6.07, 6.45) is 1.72. The Labute approximate surface area is 111 Å². The predicted molar refractivity (Wildman–Crippen MR) is 74.2 cm³/mol. The van der Waals surface area contributed by atoms with Crippen LogP contribution in [0.3, 0.4) is 0 Å². The molecule has 0 aliphatic heterocycles. The number of carbonyl (C=O) groups excluding carboxylic acids is 2. The van der Waals surface area contributed by atoms with E-state index in [0.29, 0.717) is 5.56 Å². The number of hydrogen-bond donors (Lipinski definition) is 2. The number of aromatic amines is 1. The van der Waals surface area contributed by atoms with Gasteiger partial charge >= 0.3 is 0 Å². The van der Waals surface area contributed by atoms with Crippen molar-refractivity contribution in [1.29, 1.82) is 0 Å². The van der Waals surface area contributed by atoms with Gasteiger partial charge < -0.3 is 10.3 Å². The third-order valence-electron chi connectivity index (χ3n) is 3.00. The summed E-state index contributed by atoms with van der Waals surface area (Å²) in [5.74, 6) is -0.0990. The molecule has 0 spiro atoms. The average Bonchev–Trinajstić information content (AvgIpc) is 2.82. The van der Waals surface area contributed by atoms with Crippen LogP contribution in [0.25, 0.3) is 10.9 Å². The van der Waals surface area contributed by atoms with E-state index in [-0.39, 0.29) is 24.8 Å². The van der Waals surface area contributed by atoms with Gasteiger partial charge in [0.2, 0.25) is 5.91 Å². The number of nitrogens with one attached hydrogen (secondary N) is 2. The summed E-state index contributed by atoms with van der Waals surface area (Å²) in [6, 6.07) is 7.67. The van der Waals surface area contributed by atoms with E-state index in [2.05, 4.69) is 10.3 Å². The molecule has 0 saturated heterocycles. The molecule has 0 saturated carbocycles. The molecule has 19 heavy (non-hydrogen) atoms. The van der Waals surface area contributed by atoms with Crippen LogP contribution < -0.4 is 5.32 Å².